The van der Waals surface area contributed by atoms with Gasteiger partial charge in [0, 0.05) is 16.6 Å². The van der Waals surface area contributed by atoms with Gasteiger partial charge in [0.25, 0.3) is 0 Å². The number of hydrogen-bond donors (Lipinski definition) is 1. The van der Waals surface area contributed by atoms with Crippen LogP contribution < -0.4 is 5.32 Å². The van der Waals surface area contributed by atoms with Gasteiger partial charge in [-0.15, -0.1) is 10.2 Å². The molecule has 0 aliphatic rings. The van der Waals surface area contributed by atoms with Crippen LogP contribution >= 0.6 is 35.0 Å². The van der Waals surface area contributed by atoms with Gasteiger partial charge in [0.1, 0.15) is 0 Å². The van der Waals surface area contributed by atoms with E-state index in [-0.39, 0.29) is 17.7 Å². The van der Waals surface area contributed by atoms with Crippen LogP contribution in [-0.2, 0) is 11.3 Å². The van der Waals surface area contributed by atoms with Gasteiger partial charge in [0.15, 0.2) is 11.0 Å². The van der Waals surface area contributed by atoms with Crippen LogP contribution in [0, 0.1) is 5.92 Å². The molecule has 0 aliphatic heterocycles. The van der Waals surface area contributed by atoms with Crippen molar-refractivity contribution in [3.05, 3.63) is 64.1 Å². The van der Waals surface area contributed by atoms with E-state index in [0.29, 0.717) is 33.5 Å². The Morgan fingerprint density at radius 1 is 1.10 bits per heavy atom. The number of hydrogen-bond acceptors (Lipinski definition) is 4. The Morgan fingerprint density at radius 2 is 1.83 bits per heavy atom. The molecule has 0 saturated carbocycles. The Balaban J connectivity index is 1.87. The Hall–Kier alpha value is -2.02. The molecular weight excluding hydrogens is 439 g/mol. The van der Waals surface area contributed by atoms with Crippen LogP contribution in [0.25, 0.3) is 11.4 Å². The molecular formula is C22H24Cl2N4OS. The predicted molar refractivity (Wildman–Crippen MR) is 124 cm³/mol. The first kappa shape index (κ1) is 22.7. The second-order valence-electron chi connectivity index (χ2n) is 7.39. The van der Waals surface area contributed by atoms with Crippen molar-refractivity contribution in [2.75, 3.05) is 5.75 Å². The summed E-state index contributed by atoms with van der Waals surface area (Å²) >= 11 is 13.8. The zero-order valence-electron chi connectivity index (χ0n) is 17.1. The van der Waals surface area contributed by atoms with Crippen molar-refractivity contribution in [2.45, 2.75) is 38.5 Å². The van der Waals surface area contributed by atoms with Gasteiger partial charge in [-0.25, -0.2) is 0 Å². The molecule has 5 nitrogen and oxygen atoms in total. The Labute approximate surface area is 191 Å². The van der Waals surface area contributed by atoms with Gasteiger partial charge in [-0.1, -0.05) is 79.1 Å². The third-order valence-corrected chi connectivity index (χ3v) is 6.31. The van der Waals surface area contributed by atoms with Crippen molar-refractivity contribution in [3.63, 3.8) is 0 Å². The number of rotatable bonds is 8. The molecule has 0 bridgehead atoms. The first-order valence-electron chi connectivity index (χ1n) is 9.70. The smallest absolute Gasteiger partial charge is 0.230 e. The van der Waals surface area contributed by atoms with Gasteiger partial charge in [-0.2, -0.15) is 0 Å². The zero-order chi connectivity index (χ0) is 21.7. The molecule has 1 N–H and O–H groups in total. The number of benzene rings is 2. The topological polar surface area (TPSA) is 59.8 Å². The number of carbonyl (C=O) groups excluding carboxylic acids is 1. The Bertz CT molecular complexity index is 1010. The van der Waals surface area contributed by atoms with Gasteiger partial charge in [-0.05, 0) is 36.6 Å². The highest BCUT2D eigenvalue weighted by molar-refractivity contribution is 7.99. The number of halogens is 2. The number of nitrogens with one attached hydrogen (secondary N) is 1. The Kier molecular flexibility index (Phi) is 7.81. The summed E-state index contributed by atoms with van der Waals surface area (Å²) in [7, 11) is 0. The van der Waals surface area contributed by atoms with Crippen LogP contribution in [0.15, 0.2) is 53.7 Å². The summed E-state index contributed by atoms with van der Waals surface area (Å²) < 4.78 is 1.98. The van der Waals surface area contributed by atoms with Crippen molar-refractivity contribution in [3.8, 4) is 11.4 Å². The van der Waals surface area contributed by atoms with E-state index < -0.39 is 0 Å². The minimum absolute atomic E-state index is 0.0264. The second-order valence-corrected chi connectivity index (χ2v) is 9.18. The Morgan fingerprint density at radius 3 is 2.50 bits per heavy atom. The van der Waals surface area contributed by atoms with Gasteiger partial charge in [-0.3, -0.25) is 9.36 Å². The molecule has 1 unspecified atom stereocenters. The van der Waals surface area contributed by atoms with Crippen LogP contribution in [0.4, 0.5) is 0 Å². The van der Waals surface area contributed by atoms with E-state index >= 15 is 0 Å². The van der Waals surface area contributed by atoms with Crippen LogP contribution in [0.2, 0.25) is 10.0 Å². The van der Waals surface area contributed by atoms with E-state index in [1.165, 1.54) is 11.8 Å². The zero-order valence-corrected chi connectivity index (χ0v) is 19.4. The van der Waals surface area contributed by atoms with E-state index in [2.05, 4.69) is 29.4 Å². The monoisotopic (exact) mass is 462 g/mol. The third kappa shape index (κ3) is 5.78. The number of nitrogens with zero attached hydrogens (tertiary/aromatic N) is 3. The minimum atomic E-state index is -0.0264. The van der Waals surface area contributed by atoms with E-state index in [0.717, 1.165) is 11.1 Å². The molecule has 1 amide bonds. The normalized spacial score (nSPS) is 12.2. The molecule has 3 rings (SSSR count). The molecule has 1 atom stereocenters. The van der Waals surface area contributed by atoms with Gasteiger partial charge in [0.05, 0.1) is 17.3 Å². The van der Waals surface area contributed by atoms with Crippen molar-refractivity contribution in [1.29, 1.82) is 0 Å². The quantitative estimate of drug-likeness (QED) is 0.445. The van der Waals surface area contributed by atoms with E-state index in [1.54, 1.807) is 12.1 Å². The maximum Gasteiger partial charge on any atom is 0.230 e. The van der Waals surface area contributed by atoms with E-state index in [1.807, 2.05) is 47.9 Å². The fourth-order valence-electron chi connectivity index (χ4n) is 2.77. The molecule has 0 radical (unpaired) electrons. The number of aromatic nitrogens is 3. The molecule has 3 aromatic rings. The molecule has 1 aromatic heterocycles. The molecule has 1 heterocycles. The van der Waals surface area contributed by atoms with E-state index in [4.69, 9.17) is 23.2 Å². The highest BCUT2D eigenvalue weighted by Gasteiger charge is 2.19. The molecule has 8 heteroatoms. The lowest BCUT2D eigenvalue weighted by molar-refractivity contribution is -0.119. The van der Waals surface area contributed by atoms with Crippen molar-refractivity contribution in [1.82, 2.24) is 20.1 Å². The average molecular weight is 463 g/mol. The van der Waals surface area contributed by atoms with E-state index in [9.17, 15) is 4.79 Å². The molecule has 158 valence electrons. The molecule has 30 heavy (non-hydrogen) atoms. The molecule has 0 spiro atoms. The van der Waals surface area contributed by atoms with Crippen LogP contribution in [0.1, 0.15) is 26.3 Å². The summed E-state index contributed by atoms with van der Waals surface area (Å²) in [5, 5.41) is 13.5. The fraction of sp³-hybridized carbons (Fsp3) is 0.318. The van der Waals surface area contributed by atoms with Crippen LogP contribution in [-0.4, -0.2) is 32.5 Å². The number of amides is 1. The van der Waals surface area contributed by atoms with Gasteiger partial charge in [0.2, 0.25) is 5.91 Å². The van der Waals surface area contributed by atoms with Crippen LogP contribution in [0.3, 0.4) is 0 Å². The maximum atomic E-state index is 12.3. The lowest BCUT2D eigenvalue weighted by Gasteiger charge is -2.17. The first-order valence-corrected chi connectivity index (χ1v) is 11.4. The van der Waals surface area contributed by atoms with Gasteiger partial charge < -0.3 is 5.32 Å². The predicted octanol–water partition coefficient (Wildman–Crippen LogP) is 5.55. The van der Waals surface area contributed by atoms with Gasteiger partial charge >= 0.3 is 0 Å². The average Bonchev–Trinajstić information content (AvgIpc) is 3.09. The lowest BCUT2D eigenvalue weighted by Crippen LogP contribution is -2.37. The van der Waals surface area contributed by atoms with Crippen molar-refractivity contribution < 1.29 is 4.79 Å². The first-order chi connectivity index (χ1) is 14.3. The molecule has 2 aromatic carbocycles. The summed E-state index contributed by atoms with van der Waals surface area (Å²) in [4.78, 5) is 12.3. The lowest BCUT2D eigenvalue weighted by atomic mass is 10.1. The maximum absolute atomic E-state index is 12.3. The fourth-order valence-corrected chi connectivity index (χ4v) is 4.01. The molecule has 0 saturated heterocycles. The number of carbonyl (C=O) groups is 1. The van der Waals surface area contributed by atoms with Crippen molar-refractivity contribution in [2.24, 2.45) is 5.92 Å². The number of thioether (sulfide) groups is 1. The summed E-state index contributed by atoms with van der Waals surface area (Å²) in [5.74, 6) is 1.25. The summed E-state index contributed by atoms with van der Waals surface area (Å²) in [6.45, 7) is 6.73. The minimum Gasteiger partial charge on any atom is -0.353 e. The molecule has 0 aliphatic carbocycles. The third-order valence-electron chi connectivity index (χ3n) is 4.79. The molecule has 0 fully saturated rings. The second kappa shape index (κ2) is 10.3. The largest absolute Gasteiger partial charge is 0.353 e. The summed E-state index contributed by atoms with van der Waals surface area (Å²) in [6, 6.07) is 15.4. The SMILES string of the molecule is CC(C)C(C)NC(=O)CSc1nnc(-c2ccc(Cl)cc2Cl)n1Cc1ccccc1. The highest BCUT2D eigenvalue weighted by atomic mass is 35.5. The van der Waals surface area contributed by atoms with Crippen LogP contribution in [0.5, 0.6) is 0 Å². The summed E-state index contributed by atoms with van der Waals surface area (Å²) in [6.07, 6.45) is 0. The van der Waals surface area contributed by atoms with Crippen molar-refractivity contribution >= 4 is 40.9 Å². The summed E-state index contributed by atoms with van der Waals surface area (Å²) in [5.41, 5.74) is 1.84. The standard InChI is InChI=1S/C22H24Cl2N4OS/c1-14(2)15(3)25-20(29)13-30-22-27-26-21(18-10-9-17(23)11-19(18)24)28(22)12-16-7-5-4-6-8-16/h4-11,14-15H,12-13H2,1-3H3,(H,25,29). The highest BCUT2D eigenvalue weighted by Crippen LogP contribution is 2.32.